The number of rotatable bonds is 1. The lowest BCUT2D eigenvalue weighted by Gasteiger charge is -2.23. The third-order valence-corrected chi connectivity index (χ3v) is 2.14. The standard InChI is InChI=1S/C7H15N3O2/c8-10(7(11)12)6-3-1-2-4-9-5-6/h6,9H,1-5,8H2,(H,11,12). The molecule has 0 bridgehead atoms. The van der Waals surface area contributed by atoms with E-state index in [0.717, 1.165) is 30.8 Å². The van der Waals surface area contributed by atoms with Gasteiger partial charge in [-0.25, -0.2) is 15.6 Å². The summed E-state index contributed by atoms with van der Waals surface area (Å²) in [7, 11) is 0. The van der Waals surface area contributed by atoms with Gasteiger partial charge in [0, 0.05) is 6.54 Å². The highest BCUT2D eigenvalue weighted by atomic mass is 16.4. The Bertz CT molecular complexity index is 155. The number of carboxylic acid groups (broad SMARTS) is 1. The lowest BCUT2D eigenvalue weighted by Crippen LogP contribution is -2.48. The summed E-state index contributed by atoms with van der Waals surface area (Å²) < 4.78 is 0. The normalized spacial score (nSPS) is 24.6. The predicted molar refractivity (Wildman–Crippen MR) is 44.6 cm³/mol. The highest BCUT2D eigenvalue weighted by molar-refractivity contribution is 5.64. The van der Waals surface area contributed by atoms with Crippen LogP contribution in [0.1, 0.15) is 19.3 Å². The molecule has 1 amide bonds. The van der Waals surface area contributed by atoms with Crippen molar-refractivity contribution in [2.75, 3.05) is 13.1 Å². The molecule has 0 saturated carbocycles. The number of nitrogens with zero attached hydrogens (tertiary/aromatic N) is 1. The molecule has 5 heteroatoms. The van der Waals surface area contributed by atoms with Gasteiger partial charge in [0.1, 0.15) is 0 Å². The zero-order valence-electron chi connectivity index (χ0n) is 6.99. The molecule has 4 N–H and O–H groups in total. The van der Waals surface area contributed by atoms with Gasteiger partial charge in [0.05, 0.1) is 6.04 Å². The molecule has 5 nitrogen and oxygen atoms in total. The number of carbonyl (C=O) groups is 1. The van der Waals surface area contributed by atoms with Gasteiger partial charge in [-0.1, -0.05) is 6.42 Å². The second-order valence-corrected chi connectivity index (χ2v) is 3.04. The van der Waals surface area contributed by atoms with Crippen molar-refractivity contribution in [1.82, 2.24) is 10.3 Å². The van der Waals surface area contributed by atoms with E-state index in [4.69, 9.17) is 10.9 Å². The van der Waals surface area contributed by atoms with Gasteiger partial charge in [-0.2, -0.15) is 0 Å². The summed E-state index contributed by atoms with van der Waals surface area (Å²) >= 11 is 0. The Morgan fingerprint density at radius 3 is 3.00 bits per heavy atom. The molecule has 1 aliphatic heterocycles. The monoisotopic (exact) mass is 173 g/mol. The number of nitrogens with one attached hydrogen (secondary N) is 1. The van der Waals surface area contributed by atoms with Crippen LogP contribution in [0.4, 0.5) is 4.79 Å². The fourth-order valence-corrected chi connectivity index (χ4v) is 1.39. The van der Waals surface area contributed by atoms with Gasteiger partial charge in [-0.15, -0.1) is 0 Å². The Hall–Kier alpha value is -0.810. The summed E-state index contributed by atoms with van der Waals surface area (Å²) in [5.74, 6) is 5.35. The van der Waals surface area contributed by atoms with E-state index in [0.29, 0.717) is 6.54 Å². The Morgan fingerprint density at radius 1 is 1.58 bits per heavy atom. The van der Waals surface area contributed by atoms with E-state index in [9.17, 15) is 4.79 Å². The largest absolute Gasteiger partial charge is 0.464 e. The van der Waals surface area contributed by atoms with Crippen molar-refractivity contribution in [3.63, 3.8) is 0 Å². The zero-order chi connectivity index (χ0) is 8.97. The van der Waals surface area contributed by atoms with Crippen LogP contribution in [0.5, 0.6) is 0 Å². The van der Waals surface area contributed by atoms with Crippen LogP contribution in [0, 0.1) is 0 Å². The minimum atomic E-state index is -1.05. The van der Waals surface area contributed by atoms with E-state index in [1.165, 1.54) is 0 Å². The molecule has 70 valence electrons. The van der Waals surface area contributed by atoms with Crippen LogP contribution in [0.2, 0.25) is 0 Å². The van der Waals surface area contributed by atoms with E-state index < -0.39 is 6.09 Å². The third kappa shape index (κ3) is 2.35. The average molecular weight is 173 g/mol. The SMILES string of the molecule is NN(C(=O)O)C1CCCCNC1. The molecule has 0 spiro atoms. The van der Waals surface area contributed by atoms with Gasteiger partial charge < -0.3 is 10.4 Å². The molecular formula is C7H15N3O2. The molecule has 0 aliphatic carbocycles. The van der Waals surface area contributed by atoms with Gasteiger partial charge in [-0.05, 0) is 19.4 Å². The molecule has 0 aromatic heterocycles. The lowest BCUT2D eigenvalue weighted by molar-refractivity contribution is 0.122. The van der Waals surface area contributed by atoms with E-state index in [1.54, 1.807) is 0 Å². The molecule has 1 atom stereocenters. The van der Waals surface area contributed by atoms with Gasteiger partial charge in [-0.3, -0.25) is 0 Å². The molecule has 1 heterocycles. The summed E-state index contributed by atoms with van der Waals surface area (Å²) in [6, 6.07) is -0.0648. The fraction of sp³-hybridized carbons (Fsp3) is 0.857. The molecule has 0 aromatic carbocycles. The first-order valence-electron chi connectivity index (χ1n) is 4.19. The lowest BCUT2D eigenvalue weighted by atomic mass is 10.1. The van der Waals surface area contributed by atoms with Crippen molar-refractivity contribution < 1.29 is 9.90 Å². The maximum atomic E-state index is 10.5. The summed E-state index contributed by atoms with van der Waals surface area (Å²) in [5, 5.41) is 12.6. The Kier molecular flexibility index (Phi) is 3.31. The van der Waals surface area contributed by atoms with Crippen molar-refractivity contribution in [2.45, 2.75) is 25.3 Å². The summed E-state index contributed by atoms with van der Waals surface area (Å²) in [6.07, 6.45) is 1.95. The van der Waals surface area contributed by atoms with Gasteiger partial charge >= 0.3 is 6.09 Å². The van der Waals surface area contributed by atoms with Crippen molar-refractivity contribution >= 4 is 6.09 Å². The molecular weight excluding hydrogens is 158 g/mol. The fourth-order valence-electron chi connectivity index (χ4n) is 1.39. The number of hydrazine groups is 1. The Balaban J connectivity index is 2.42. The van der Waals surface area contributed by atoms with Gasteiger partial charge in [0.15, 0.2) is 0 Å². The molecule has 1 rings (SSSR count). The average Bonchev–Trinajstić information content (AvgIpc) is 2.30. The predicted octanol–water partition coefficient (Wildman–Crippen LogP) is -0.0178. The van der Waals surface area contributed by atoms with Crippen LogP contribution in [0.25, 0.3) is 0 Å². The maximum Gasteiger partial charge on any atom is 0.421 e. The first-order chi connectivity index (χ1) is 5.72. The van der Waals surface area contributed by atoms with Crippen LogP contribution in [-0.2, 0) is 0 Å². The van der Waals surface area contributed by atoms with Gasteiger partial charge in [0.2, 0.25) is 0 Å². The minimum absolute atomic E-state index is 0.0648. The highest BCUT2D eigenvalue weighted by Crippen LogP contribution is 2.08. The molecule has 1 saturated heterocycles. The maximum absolute atomic E-state index is 10.5. The molecule has 0 aromatic rings. The molecule has 1 unspecified atom stereocenters. The summed E-state index contributed by atoms with van der Waals surface area (Å²) in [4.78, 5) is 10.5. The van der Waals surface area contributed by atoms with Crippen LogP contribution in [-0.4, -0.2) is 35.3 Å². The first kappa shape index (κ1) is 9.28. The Morgan fingerprint density at radius 2 is 2.33 bits per heavy atom. The van der Waals surface area contributed by atoms with E-state index in [2.05, 4.69) is 5.32 Å². The second-order valence-electron chi connectivity index (χ2n) is 3.04. The number of amides is 1. The number of hydrogen-bond donors (Lipinski definition) is 3. The molecule has 0 radical (unpaired) electrons. The van der Waals surface area contributed by atoms with Crippen LogP contribution < -0.4 is 11.2 Å². The van der Waals surface area contributed by atoms with E-state index in [-0.39, 0.29) is 6.04 Å². The molecule has 12 heavy (non-hydrogen) atoms. The van der Waals surface area contributed by atoms with Crippen LogP contribution in [0.3, 0.4) is 0 Å². The summed E-state index contributed by atoms with van der Waals surface area (Å²) in [5.41, 5.74) is 0. The smallest absolute Gasteiger partial charge is 0.421 e. The second kappa shape index (κ2) is 4.27. The molecule has 1 fully saturated rings. The van der Waals surface area contributed by atoms with E-state index >= 15 is 0 Å². The van der Waals surface area contributed by atoms with Crippen molar-refractivity contribution in [2.24, 2.45) is 5.84 Å². The number of nitrogens with two attached hydrogens (primary N) is 1. The highest BCUT2D eigenvalue weighted by Gasteiger charge is 2.20. The van der Waals surface area contributed by atoms with Crippen molar-refractivity contribution in [1.29, 1.82) is 0 Å². The first-order valence-corrected chi connectivity index (χ1v) is 4.19. The van der Waals surface area contributed by atoms with Gasteiger partial charge in [0.25, 0.3) is 0 Å². The van der Waals surface area contributed by atoms with Crippen LogP contribution >= 0.6 is 0 Å². The third-order valence-electron chi connectivity index (χ3n) is 2.14. The minimum Gasteiger partial charge on any atom is -0.464 e. The molecule has 1 aliphatic rings. The summed E-state index contributed by atoms with van der Waals surface area (Å²) in [6.45, 7) is 1.63. The Labute approximate surface area is 71.5 Å². The van der Waals surface area contributed by atoms with Crippen molar-refractivity contribution in [3.05, 3.63) is 0 Å². The van der Waals surface area contributed by atoms with Crippen molar-refractivity contribution in [3.8, 4) is 0 Å². The zero-order valence-corrected chi connectivity index (χ0v) is 6.99. The van der Waals surface area contributed by atoms with E-state index in [1.807, 2.05) is 0 Å². The quantitative estimate of drug-likeness (QED) is 0.296. The topological polar surface area (TPSA) is 78.6 Å². The van der Waals surface area contributed by atoms with Crippen LogP contribution in [0.15, 0.2) is 0 Å². The number of hydrogen-bond acceptors (Lipinski definition) is 3.